The summed E-state index contributed by atoms with van der Waals surface area (Å²) in [6.07, 6.45) is 9.63. The van der Waals surface area contributed by atoms with Crippen LogP contribution >= 0.6 is 0 Å². The predicted molar refractivity (Wildman–Crippen MR) is 69.2 cm³/mol. The number of hydrogen-bond donors (Lipinski definition) is 1. The summed E-state index contributed by atoms with van der Waals surface area (Å²) in [4.78, 5) is 2.21. The molecule has 0 aromatic carbocycles. The molecule has 5 nitrogen and oxygen atoms in total. The van der Waals surface area contributed by atoms with E-state index in [1.807, 2.05) is 0 Å². The maximum Gasteiger partial charge on any atom is 0.318 e. The van der Waals surface area contributed by atoms with Gasteiger partial charge in [-0.15, -0.1) is 5.10 Å². The average Bonchev–Trinajstić information content (AvgIpc) is 2.89. The molecule has 2 fully saturated rings. The van der Waals surface area contributed by atoms with E-state index in [1.165, 1.54) is 44.9 Å². The van der Waals surface area contributed by atoms with Crippen LogP contribution in [0.15, 0.2) is 4.42 Å². The van der Waals surface area contributed by atoms with Gasteiger partial charge in [-0.1, -0.05) is 24.4 Å². The van der Waals surface area contributed by atoms with Gasteiger partial charge >= 0.3 is 6.01 Å². The fraction of sp³-hybridized carbons (Fsp3) is 0.846. The lowest BCUT2D eigenvalue weighted by Crippen LogP contribution is -2.41. The zero-order valence-electron chi connectivity index (χ0n) is 10.9. The number of anilines is 1. The molecule has 2 heterocycles. The van der Waals surface area contributed by atoms with Crippen LogP contribution in [0.25, 0.3) is 0 Å². The van der Waals surface area contributed by atoms with Gasteiger partial charge in [-0.3, -0.25) is 0 Å². The van der Waals surface area contributed by atoms with Crippen LogP contribution in [0.1, 0.15) is 50.8 Å². The van der Waals surface area contributed by atoms with E-state index in [4.69, 9.17) is 10.2 Å². The molecule has 1 aliphatic carbocycles. The fourth-order valence-corrected chi connectivity index (χ4v) is 3.43. The summed E-state index contributed by atoms with van der Waals surface area (Å²) in [5.74, 6) is 0.531. The molecule has 5 heteroatoms. The Kier molecular flexibility index (Phi) is 3.24. The van der Waals surface area contributed by atoms with Crippen molar-refractivity contribution in [3.05, 3.63) is 5.89 Å². The van der Waals surface area contributed by atoms with Gasteiger partial charge in [-0.25, -0.2) is 0 Å². The van der Waals surface area contributed by atoms with Gasteiger partial charge in [0.2, 0.25) is 5.89 Å². The number of hydrogen-bond acceptors (Lipinski definition) is 5. The van der Waals surface area contributed by atoms with Crippen LogP contribution < -0.4 is 10.6 Å². The van der Waals surface area contributed by atoms with Crippen LogP contribution in [0.4, 0.5) is 6.01 Å². The lowest BCUT2D eigenvalue weighted by atomic mass is 9.68. The van der Waals surface area contributed by atoms with E-state index in [1.54, 1.807) is 0 Å². The molecule has 0 atom stereocenters. The van der Waals surface area contributed by atoms with Crippen LogP contribution in [-0.4, -0.2) is 23.3 Å². The minimum absolute atomic E-state index is 0.324. The summed E-state index contributed by atoms with van der Waals surface area (Å²) in [5.41, 5.74) is 6.11. The number of nitrogens with zero attached hydrogens (tertiary/aromatic N) is 3. The van der Waals surface area contributed by atoms with Crippen LogP contribution in [-0.2, 0) is 6.54 Å². The van der Waals surface area contributed by atoms with Gasteiger partial charge in [-0.05, 0) is 31.1 Å². The van der Waals surface area contributed by atoms with Gasteiger partial charge in [0.15, 0.2) is 0 Å². The van der Waals surface area contributed by atoms with Gasteiger partial charge in [-0.2, -0.15) is 0 Å². The maximum absolute atomic E-state index is 5.53. The molecule has 2 N–H and O–H groups in total. The lowest BCUT2D eigenvalue weighted by Gasteiger charge is -2.43. The second-order valence-corrected chi connectivity index (χ2v) is 5.73. The van der Waals surface area contributed by atoms with E-state index in [9.17, 15) is 0 Å². The summed E-state index contributed by atoms with van der Waals surface area (Å²) >= 11 is 0. The quantitative estimate of drug-likeness (QED) is 0.870. The summed E-state index contributed by atoms with van der Waals surface area (Å²) in [6, 6.07) is 0.654. The highest BCUT2D eigenvalue weighted by Gasteiger charge is 2.36. The molecule has 1 aliphatic heterocycles. The average molecular weight is 250 g/mol. The molecule has 0 unspecified atom stereocenters. The Morgan fingerprint density at radius 3 is 2.39 bits per heavy atom. The molecule has 1 aromatic heterocycles. The first-order valence-corrected chi connectivity index (χ1v) is 7.09. The molecule has 2 aliphatic rings. The maximum atomic E-state index is 5.53. The highest BCUT2D eigenvalue weighted by Crippen LogP contribution is 2.44. The van der Waals surface area contributed by atoms with Crippen molar-refractivity contribution in [3.8, 4) is 0 Å². The Labute approximate surface area is 108 Å². The van der Waals surface area contributed by atoms with E-state index < -0.39 is 0 Å². The molecule has 1 saturated carbocycles. The third-order valence-electron chi connectivity index (χ3n) is 4.64. The first-order valence-electron chi connectivity index (χ1n) is 7.09. The Morgan fingerprint density at radius 2 is 1.78 bits per heavy atom. The molecular weight excluding hydrogens is 228 g/mol. The molecule has 0 amide bonds. The highest BCUT2D eigenvalue weighted by atomic mass is 16.4. The topological polar surface area (TPSA) is 68.2 Å². The smallest absolute Gasteiger partial charge is 0.318 e. The van der Waals surface area contributed by atoms with Crippen LogP contribution in [0.3, 0.4) is 0 Å². The number of piperidine rings is 1. The Hall–Kier alpha value is -1.10. The Balaban J connectivity index is 1.62. The van der Waals surface area contributed by atoms with Crippen molar-refractivity contribution >= 4 is 6.01 Å². The van der Waals surface area contributed by atoms with Gasteiger partial charge in [0.05, 0.1) is 6.54 Å². The molecule has 3 rings (SSSR count). The minimum atomic E-state index is 0.324. The minimum Gasteiger partial charge on any atom is -0.407 e. The zero-order chi connectivity index (χ0) is 12.4. The zero-order valence-corrected chi connectivity index (χ0v) is 10.9. The molecule has 18 heavy (non-hydrogen) atoms. The second kappa shape index (κ2) is 4.88. The van der Waals surface area contributed by atoms with E-state index in [0.717, 1.165) is 13.1 Å². The van der Waals surface area contributed by atoms with Crippen molar-refractivity contribution < 1.29 is 4.42 Å². The highest BCUT2D eigenvalue weighted by molar-refractivity contribution is 5.25. The van der Waals surface area contributed by atoms with Crippen LogP contribution in [0.2, 0.25) is 0 Å². The number of rotatable bonds is 2. The third kappa shape index (κ3) is 2.23. The van der Waals surface area contributed by atoms with Gasteiger partial charge in [0.1, 0.15) is 0 Å². The molecule has 100 valence electrons. The van der Waals surface area contributed by atoms with E-state index >= 15 is 0 Å². The number of nitrogens with two attached hydrogens (primary N) is 1. The lowest BCUT2D eigenvalue weighted by molar-refractivity contribution is 0.142. The molecular formula is C13H22N4O. The second-order valence-electron chi connectivity index (χ2n) is 5.73. The van der Waals surface area contributed by atoms with Crippen LogP contribution in [0.5, 0.6) is 0 Å². The largest absolute Gasteiger partial charge is 0.407 e. The summed E-state index contributed by atoms with van der Waals surface area (Å²) in [6.45, 7) is 2.42. The van der Waals surface area contributed by atoms with Crippen molar-refractivity contribution in [2.45, 2.75) is 51.5 Å². The first-order chi connectivity index (χ1) is 8.81. The van der Waals surface area contributed by atoms with E-state index in [-0.39, 0.29) is 0 Å². The van der Waals surface area contributed by atoms with Crippen molar-refractivity contribution in [1.29, 1.82) is 0 Å². The first kappa shape index (κ1) is 12.0. The monoisotopic (exact) mass is 250 g/mol. The van der Waals surface area contributed by atoms with Crippen molar-refractivity contribution in [2.75, 3.05) is 18.0 Å². The summed E-state index contributed by atoms with van der Waals surface area (Å²) in [5, 5.41) is 8.00. The van der Waals surface area contributed by atoms with E-state index in [0.29, 0.717) is 23.9 Å². The third-order valence-corrected chi connectivity index (χ3v) is 4.64. The SMILES string of the molecule is NCc1nnc(N2CCC3(CCCCC3)CC2)o1. The van der Waals surface area contributed by atoms with Crippen molar-refractivity contribution in [2.24, 2.45) is 11.1 Å². The van der Waals surface area contributed by atoms with Crippen molar-refractivity contribution in [3.63, 3.8) is 0 Å². The molecule has 0 bridgehead atoms. The molecule has 1 saturated heterocycles. The summed E-state index contributed by atoms with van der Waals surface area (Å²) < 4.78 is 5.53. The standard InChI is InChI=1S/C13H22N4O/c14-10-11-15-16-12(18-11)17-8-6-13(7-9-17)4-2-1-3-5-13/h1-10,14H2. The van der Waals surface area contributed by atoms with Gasteiger partial charge < -0.3 is 15.1 Å². The summed E-state index contributed by atoms with van der Waals surface area (Å²) in [7, 11) is 0. The fourth-order valence-electron chi connectivity index (χ4n) is 3.43. The van der Waals surface area contributed by atoms with E-state index in [2.05, 4.69) is 15.1 Å². The Morgan fingerprint density at radius 1 is 1.06 bits per heavy atom. The molecule has 0 radical (unpaired) electrons. The predicted octanol–water partition coefficient (Wildman–Crippen LogP) is 2.08. The molecule has 1 aromatic rings. The van der Waals surface area contributed by atoms with Crippen molar-refractivity contribution in [1.82, 2.24) is 10.2 Å². The van der Waals surface area contributed by atoms with Crippen LogP contribution in [0, 0.1) is 5.41 Å². The Bertz CT molecular complexity index is 387. The van der Waals surface area contributed by atoms with Gasteiger partial charge in [0.25, 0.3) is 0 Å². The van der Waals surface area contributed by atoms with Gasteiger partial charge in [0, 0.05) is 13.1 Å². The normalized spacial score (nSPS) is 23.5. The molecule has 1 spiro atoms. The number of aromatic nitrogens is 2.